The van der Waals surface area contributed by atoms with Crippen LogP contribution in [0.15, 0.2) is 65.1 Å². The number of rotatable bonds is 3. The van der Waals surface area contributed by atoms with Crippen molar-refractivity contribution in [3.8, 4) is 16.9 Å². The van der Waals surface area contributed by atoms with Crippen molar-refractivity contribution in [1.82, 2.24) is 0 Å². The second kappa shape index (κ2) is 5.29. The average molecular weight is 302 g/mol. The Morgan fingerprint density at radius 1 is 0.870 bits per heavy atom. The molecule has 3 heteroatoms. The van der Waals surface area contributed by atoms with E-state index in [1.807, 2.05) is 54.6 Å². The average Bonchev–Trinajstić information content (AvgIpc) is 2.99. The van der Waals surface area contributed by atoms with Gasteiger partial charge in [-0.15, -0.1) is 0 Å². The molecule has 112 valence electrons. The van der Waals surface area contributed by atoms with Gasteiger partial charge in [-0.25, -0.2) is 0 Å². The van der Waals surface area contributed by atoms with Crippen LogP contribution in [0.1, 0.15) is 10.4 Å². The van der Waals surface area contributed by atoms with Crippen molar-refractivity contribution in [3.05, 3.63) is 66.2 Å². The van der Waals surface area contributed by atoms with Gasteiger partial charge in [-0.2, -0.15) is 0 Å². The van der Waals surface area contributed by atoms with Gasteiger partial charge in [0.1, 0.15) is 16.9 Å². The van der Waals surface area contributed by atoms with Gasteiger partial charge in [-0.1, -0.05) is 48.5 Å². The summed E-state index contributed by atoms with van der Waals surface area (Å²) in [6.45, 7) is 0. The fourth-order valence-corrected chi connectivity index (χ4v) is 3.05. The van der Waals surface area contributed by atoms with Crippen LogP contribution in [0.3, 0.4) is 0 Å². The van der Waals surface area contributed by atoms with Crippen LogP contribution in [0.2, 0.25) is 0 Å². The highest BCUT2D eigenvalue weighted by Gasteiger charge is 2.16. The molecule has 0 saturated heterocycles. The molecule has 0 fully saturated rings. The van der Waals surface area contributed by atoms with Crippen LogP contribution >= 0.6 is 0 Å². The molecule has 0 atom stereocenters. The van der Waals surface area contributed by atoms with E-state index in [4.69, 9.17) is 9.15 Å². The van der Waals surface area contributed by atoms with E-state index in [0.29, 0.717) is 11.3 Å². The first-order valence-electron chi connectivity index (χ1n) is 7.36. The standard InChI is InChI=1S/C20H14O3/c1-22-19-13(12-21)6-4-8-16(19)17-10-5-9-15-14-7-2-3-11-18(14)23-20(15)17/h2-12H,1H3. The summed E-state index contributed by atoms with van der Waals surface area (Å²) in [6, 6.07) is 19.5. The van der Waals surface area contributed by atoms with E-state index in [2.05, 4.69) is 0 Å². The number of furan rings is 1. The smallest absolute Gasteiger partial charge is 0.153 e. The molecule has 3 aromatic carbocycles. The second-order valence-corrected chi connectivity index (χ2v) is 5.33. The van der Waals surface area contributed by atoms with Crippen molar-refractivity contribution < 1.29 is 13.9 Å². The Balaban J connectivity index is 2.09. The summed E-state index contributed by atoms with van der Waals surface area (Å²) < 4.78 is 11.5. The van der Waals surface area contributed by atoms with Crippen LogP contribution in [0.5, 0.6) is 5.75 Å². The lowest BCUT2D eigenvalue weighted by Gasteiger charge is -2.11. The number of methoxy groups -OCH3 is 1. The summed E-state index contributed by atoms with van der Waals surface area (Å²) in [5.41, 5.74) is 3.94. The zero-order valence-corrected chi connectivity index (χ0v) is 12.6. The molecule has 1 heterocycles. The topological polar surface area (TPSA) is 39.4 Å². The third-order valence-electron chi connectivity index (χ3n) is 4.07. The number of hydrogen-bond acceptors (Lipinski definition) is 3. The molecule has 0 bridgehead atoms. The molecule has 4 aromatic rings. The van der Waals surface area contributed by atoms with Crippen LogP contribution in [0, 0.1) is 0 Å². The zero-order valence-electron chi connectivity index (χ0n) is 12.6. The van der Waals surface area contributed by atoms with Gasteiger partial charge in [0.15, 0.2) is 6.29 Å². The molecular weight excluding hydrogens is 288 g/mol. The highest BCUT2D eigenvalue weighted by atomic mass is 16.5. The minimum Gasteiger partial charge on any atom is -0.495 e. The predicted octanol–water partition coefficient (Wildman–Crippen LogP) is 5.07. The molecule has 0 spiro atoms. The normalized spacial score (nSPS) is 11.0. The van der Waals surface area contributed by atoms with Crippen LogP contribution in [-0.2, 0) is 0 Å². The van der Waals surface area contributed by atoms with Crippen molar-refractivity contribution in [1.29, 1.82) is 0 Å². The van der Waals surface area contributed by atoms with E-state index in [1.165, 1.54) is 0 Å². The first-order valence-corrected chi connectivity index (χ1v) is 7.36. The monoisotopic (exact) mass is 302 g/mol. The van der Waals surface area contributed by atoms with E-state index >= 15 is 0 Å². The van der Waals surface area contributed by atoms with Gasteiger partial charge in [0.25, 0.3) is 0 Å². The number of carbonyl (C=O) groups is 1. The van der Waals surface area contributed by atoms with Gasteiger partial charge in [0.2, 0.25) is 0 Å². The molecule has 0 aliphatic rings. The molecule has 0 aliphatic heterocycles. The summed E-state index contributed by atoms with van der Waals surface area (Å²) in [6.07, 6.45) is 0.807. The largest absolute Gasteiger partial charge is 0.495 e. The van der Waals surface area contributed by atoms with Gasteiger partial charge in [-0.05, 0) is 12.1 Å². The molecular formula is C20H14O3. The molecule has 0 aliphatic carbocycles. The van der Waals surface area contributed by atoms with Gasteiger partial charge >= 0.3 is 0 Å². The summed E-state index contributed by atoms with van der Waals surface area (Å²) in [4.78, 5) is 11.3. The molecule has 23 heavy (non-hydrogen) atoms. The van der Waals surface area contributed by atoms with Crippen LogP contribution in [-0.4, -0.2) is 13.4 Å². The van der Waals surface area contributed by atoms with E-state index in [1.54, 1.807) is 13.2 Å². The second-order valence-electron chi connectivity index (χ2n) is 5.33. The van der Waals surface area contributed by atoms with Gasteiger partial charge in [0.05, 0.1) is 12.7 Å². The SMILES string of the molecule is COc1c(C=O)cccc1-c1cccc2c1oc1ccccc12. The first-order chi connectivity index (χ1) is 11.3. The Kier molecular flexibility index (Phi) is 3.12. The molecule has 0 amide bonds. The lowest BCUT2D eigenvalue weighted by molar-refractivity contribution is 0.112. The summed E-state index contributed by atoms with van der Waals surface area (Å²) in [5.74, 6) is 0.565. The molecule has 0 saturated carbocycles. The summed E-state index contributed by atoms with van der Waals surface area (Å²) >= 11 is 0. The number of para-hydroxylation sites is 3. The Morgan fingerprint density at radius 3 is 2.43 bits per heavy atom. The van der Waals surface area contributed by atoms with Crippen molar-refractivity contribution in [3.63, 3.8) is 0 Å². The van der Waals surface area contributed by atoms with E-state index in [-0.39, 0.29) is 0 Å². The van der Waals surface area contributed by atoms with E-state index < -0.39 is 0 Å². The van der Waals surface area contributed by atoms with Gasteiger partial charge in [0, 0.05) is 21.9 Å². The number of fused-ring (bicyclic) bond motifs is 3. The lowest BCUT2D eigenvalue weighted by atomic mass is 9.99. The molecule has 0 radical (unpaired) electrons. The van der Waals surface area contributed by atoms with E-state index in [0.717, 1.165) is 39.4 Å². The lowest BCUT2D eigenvalue weighted by Crippen LogP contribution is -1.93. The maximum Gasteiger partial charge on any atom is 0.153 e. The van der Waals surface area contributed by atoms with E-state index in [9.17, 15) is 4.79 Å². The van der Waals surface area contributed by atoms with Crippen molar-refractivity contribution in [2.45, 2.75) is 0 Å². The molecule has 3 nitrogen and oxygen atoms in total. The minimum absolute atomic E-state index is 0.526. The fraction of sp³-hybridized carbons (Fsp3) is 0.0500. The maximum atomic E-state index is 11.3. The van der Waals surface area contributed by atoms with Gasteiger partial charge < -0.3 is 9.15 Å². The van der Waals surface area contributed by atoms with Crippen molar-refractivity contribution in [2.24, 2.45) is 0 Å². The maximum absolute atomic E-state index is 11.3. The molecule has 0 N–H and O–H groups in total. The van der Waals surface area contributed by atoms with Crippen molar-refractivity contribution in [2.75, 3.05) is 7.11 Å². The minimum atomic E-state index is 0.526. The Hall–Kier alpha value is -3.07. The third-order valence-corrected chi connectivity index (χ3v) is 4.07. The number of ether oxygens (including phenoxy) is 1. The number of carbonyl (C=O) groups excluding carboxylic acids is 1. The summed E-state index contributed by atoms with van der Waals surface area (Å²) in [5, 5.41) is 2.13. The van der Waals surface area contributed by atoms with Crippen LogP contribution in [0.25, 0.3) is 33.1 Å². The zero-order chi connectivity index (χ0) is 15.8. The fourth-order valence-electron chi connectivity index (χ4n) is 3.05. The quantitative estimate of drug-likeness (QED) is 0.496. The van der Waals surface area contributed by atoms with Crippen molar-refractivity contribution >= 4 is 28.2 Å². The molecule has 1 aromatic heterocycles. The number of benzene rings is 3. The molecule has 4 rings (SSSR count). The number of aldehydes is 1. The highest BCUT2D eigenvalue weighted by molar-refractivity contribution is 6.10. The predicted molar refractivity (Wildman–Crippen MR) is 91.1 cm³/mol. The Labute approximate surface area is 133 Å². The summed E-state index contributed by atoms with van der Waals surface area (Å²) in [7, 11) is 1.57. The Bertz CT molecular complexity index is 1030. The molecule has 0 unspecified atom stereocenters. The highest BCUT2D eigenvalue weighted by Crippen LogP contribution is 2.39. The number of hydrogen-bond donors (Lipinski definition) is 0. The first kappa shape index (κ1) is 13.6. The van der Waals surface area contributed by atoms with Crippen LogP contribution in [0.4, 0.5) is 0 Å². The van der Waals surface area contributed by atoms with Crippen LogP contribution < -0.4 is 4.74 Å². The van der Waals surface area contributed by atoms with Gasteiger partial charge in [-0.3, -0.25) is 4.79 Å². The third kappa shape index (κ3) is 2.01. The Morgan fingerprint density at radius 2 is 1.61 bits per heavy atom.